The lowest BCUT2D eigenvalue weighted by molar-refractivity contribution is -0.135. The third kappa shape index (κ3) is 2.42. The molecular weight excluding hydrogens is 290 g/mol. The Balaban J connectivity index is 2.19. The van der Waals surface area contributed by atoms with Gasteiger partial charge in [-0.2, -0.15) is 0 Å². The Morgan fingerprint density at radius 1 is 1.43 bits per heavy atom. The largest absolute Gasteiger partial charge is 0.314 e. The van der Waals surface area contributed by atoms with Gasteiger partial charge in [0.15, 0.2) is 0 Å². The second-order valence-electron chi connectivity index (χ2n) is 5.42. The predicted molar refractivity (Wildman–Crippen MR) is 80.2 cm³/mol. The molecule has 6 heteroatoms. The van der Waals surface area contributed by atoms with Gasteiger partial charge in [-0.3, -0.25) is 14.9 Å². The number of nitrogens with zero attached hydrogens (tertiary/aromatic N) is 2. The van der Waals surface area contributed by atoms with Crippen LogP contribution in [0.15, 0.2) is 18.2 Å². The summed E-state index contributed by atoms with van der Waals surface area (Å²) in [6, 6.07) is 5.46. The van der Waals surface area contributed by atoms with E-state index >= 15 is 0 Å². The lowest BCUT2D eigenvalue weighted by Gasteiger charge is -2.25. The van der Waals surface area contributed by atoms with Crippen molar-refractivity contribution in [2.75, 3.05) is 0 Å². The molecule has 0 aliphatic carbocycles. The molecule has 110 valence electrons. The first kappa shape index (κ1) is 14.1. The molecule has 3 rings (SSSR count). The molecule has 2 amide bonds. The van der Waals surface area contributed by atoms with E-state index in [4.69, 9.17) is 11.6 Å². The number of aromatic nitrogens is 2. The fraction of sp³-hybridized carbons (Fsp3) is 0.400. The summed E-state index contributed by atoms with van der Waals surface area (Å²) in [5.74, 6) is 0.148. The summed E-state index contributed by atoms with van der Waals surface area (Å²) in [5, 5.41) is 2.08. The summed E-state index contributed by atoms with van der Waals surface area (Å²) < 4.78 is 1.88. The highest BCUT2D eigenvalue weighted by molar-refractivity contribution is 6.20. The van der Waals surface area contributed by atoms with E-state index in [1.165, 1.54) is 0 Å². The van der Waals surface area contributed by atoms with Crippen LogP contribution in [0.5, 0.6) is 0 Å². The molecule has 2 heterocycles. The van der Waals surface area contributed by atoms with Crippen LogP contribution in [0.1, 0.15) is 42.6 Å². The normalized spacial score (nSPS) is 20.6. The van der Waals surface area contributed by atoms with E-state index in [0.29, 0.717) is 18.7 Å². The molecule has 0 radical (unpaired) electrons. The molecule has 5 nitrogen and oxygen atoms in total. The van der Waals surface area contributed by atoms with Crippen LogP contribution in [-0.2, 0) is 9.59 Å². The molecule has 0 saturated carbocycles. The molecular formula is C15H16ClN3O2. The monoisotopic (exact) mass is 305 g/mol. The lowest BCUT2D eigenvalue weighted by atomic mass is 10.1. The van der Waals surface area contributed by atoms with Crippen molar-refractivity contribution >= 4 is 34.4 Å². The minimum absolute atomic E-state index is 0.225. The minimum atomic E-state index is -0.439. The molecule has 2 unspecified atom stereocenters. The first-order chi connectivity index (χ1) is 9.97. The zero-order valence-electron chi connectivity index (χ0n) is 11.9. The molecule has 0 bridgehead atoms. The van der Waals surface area contributed by atoms with Crippen molar-refractivity contribution in [2.24, 2.45) is 0 Å². The van der Waals surface area contributed by atoms with Crippen LogP contribution in [0, 0.1) is 6.92 Å². The first-order valence-electron chi connectivity index (χ1n) is 6.93. The Morgan fingerprint density at radius 3 is 2.86 bits per heavy atom. The van der Waals surface area contributed by atoms with Crippen LogP contribution >= 0.6 is 11.6 Å². The van der Waals surface area contributed by atoms with Gasteiger partial charge in [0, 0.05) is 6.42 Å². The summed E-state index contributed by atoms with van der Waals surface area (Å²) >= 11 is 6.23. The van der Waals surface area contributed by atoms with Gasteiger partial charge < -0.3 is 4.57 Å². The third-order valence-electron chi connectivity index (χ3n) is 3.75. The maximum atomic E-state index is 12.2. The Kier molecular flexibility index (Phi) is 3.45. The van der Waals surface area contributed by atoms with Crippen LogP contribution in [0.2, 0.25) is 0 Å². The number of carbonyl (C=O) groups excluding carboxylic acids is 2. The summed E-state index contributed by atoms with van der Waals surface area (Å²) in [5.41, 5.74) is 2.78. The number of halogens is 1. The number of hydrogen-bond acceptors (Lipinski definition) is 3. The van der Waals surface area contributed by atoms with Gasteiger partial charge in [-0.15, -0.1) is 11.6 Å². The third-order valence-corrected chi connectivity index (χ3v) is 3.95. The number of aryl methyl sites for hydroxylation is 1. The van der Waals surface area contributed by atoms with E-state index in [9.17, 15) is 9.59 Å². The second kappa shape index (κ2) is 5.15. The van der Waals surface area contributed by atoms with Crippen molar-refractivity contribution in [1.82, 2.24) is 14.9 Å². The zero-order valence-corrected chi connectivity index (χ0v) is 12.6. The SMILES string of the molecule is Cc1ccc2nc(C(C)Cl)n(C3CCC(=O)NC3=O)c2c1. The van der Waals surface area contributed by atoms with E-state index in [1.807, 2.05) is 36.6 Å². The number of hydrogen-bond donors (Lipinski definition) is 1. The van der Waals surface area contributed by atoms with Crippen LogP contribution < -0.4 is 5.32 Å². The molecule has 1 aliphatic heterocycles. The fourth-order valence-electron chi connectivity index (χ4n) is 2.76. The quantitative estimate of drug-likeness (QED) is 0.685. The maximum Gasteiger partial charge on any atom is 0.249 e. The topological polar surface area (TPSA) is 64.0 Å². The zero-order chi connectivity index (χ0) is 15.1. The van der Waals surface area contributed by atoms with Gasteiger partial charge in [0.05, 0.1) is 16.4 Å². The smallest absolute Gasteiger partial charge is 0.249 e. The van der Waals surface area contributed by atoms with Crippen molar-refractivity contribution in [3.8, 4) is 0 Å². The van der Waals surface area contributed by atoms with Crippen molar-refractivity contribution in [2.45, 2.75) is 38.1 Å². The molecule has 1 aromatic heterocycles. The number of amides is 2. The average Bonchev–Trinajstić information content (AvgIpc) is 2.77. The van der Waals surface area contributed by atoms with E-state index in [0.717, 1.165) is 16.6 Å². The van der Waals surface area contributed by atoms with Gasteiger partial charge >= 0.3 is 0 Å². The van der Waals surface area contributed by atoms with Gasteiger partial charge in [0.25, 0.3) is 0 Å². The summed E-state index contributed by atoms with van der Waals surface area (Å²) in [6.07, 6.45) is 0.804. The minimum Gasteiger partial charge on any atom is -0.314 e. The number of piperidine rings is 1. The molecule has 0 spiro atoms. The molecule has 2 atom stereocenters. The number of alkyl halides is 1. The Hall–Kier alpha value is -1.88. The van der Waals surface area contributed by atoms with Crippen LogP contribution in [0.4, 0.5) is 0 Å². The van der Waals surface area contributed by atoms with Crippen LogP contribution in [-0.4, -0.2) is 21.4 Å². The lowest BCUT2D eigenvalue weighted by Crippen LogP contribution is -2.42. The van der Waals surface area contributed by atoms with Gasteiger partial charge in [0.1, 0.15) is 11.9 Å². The van der Waals surface area contributed by atoms with Crippen molar-refractivity contribution in [1.29, 1.82) is 0 Å². The Bertz CT molecular complexity index is 736. The highest BCUT2D eigenvalue weighted by Crippen LogP contribution is 2.31. The van der Waals surface area contributed by atoms with Crippen molar-refractivity contribution in [3.05, 3.63) is 29.6 Å². The summed E-state index contributed by atoms with van der Waals surface area (Å²) in [4.78, 5) is 28.1. The molecule has 1 aliphatic rings. The second-order valence-corrected chi connectivity index (χ2v) is 6.07. The Labute approximate surface area is 127 Å². The van der Waals surface area contributed by atoms with Gasteiger partial charge in [-0.1, -0.05) is 6.07 Å². The number of fused-ring (bicyclic) bond motifs is 1. The molecule has 1 fully saturated rings. The van der Waals surface area contributed by atoms with E-state index in [1.54, 1.807) is 0 Å². The average molecular weight is 306 g/mol. The number of imide groups is 1. The molecule has 1 aromatic carbocycles. The number of nitrogens with one attached hydrogen (secondary N) is 1. The fourth-order valence-corrected chi connectivity index (χ4v) is 2.91. The standard InChI is InChI=1S/C15H16ClN3O2/c1-8-3-4-10-12(7-8)19(14(17-10)9(2)16)11-5-6-13(20)18-15(11)21/h3-4,7,9,11H,5-6H2,1-2H3,(H,18,20,21). The summed E-state index contributed by atoms with van der Waals surface area (Å²) in [6.45, 7) is 3.82. The number of imidazole rings is 1. The highest BCUT2D eigenvalue weighted by Gasteiger charge is 2.31. The number of benzene rings is 1. The Morgan fingerprint density at radius 2 is 2.19 bits per heavy atom. The van der Waals surface area contributed by atoms with Crippen molar-refractivity contribution < 1.29 is 9.59 Å². The van der Waals surface area contributed by atoms with Crippen molar-refractivity contribution in [3.63, 3.8) is 0 Å². The molecule has 1 N–H and O–H groups in total. The van der Waals surface area contributed by atoms with E-state index in [-0.39, 0.29) is 17.2 Å². The molecule has 21 heavy (non-hydrogen) atoms. The van der Waals surface area contributed by atoms with E-state index < -0.39 is 6.04 Å². The number of rotatable bonds is 2. The van der Waals surface area contributed by atoms with E-state index in [2.05, 4.69) is 10.3 Å². The van der Waals surface area contributed by atoms with Gasteiger partial charge in [0.2, 0.25) is 11.8 Å². The first-order valence-corrected chi connectivity index (χ1v) is 7.37. The van der Waals surface area contributed by atoms with Gasteiger partial charge in [-0.25, -0.2) is 4.98 Å². The maximum absolute atomic E-state index is 12.2. The summed E-state index contributed by atoms with van der Waals surface area (Å²) in [7, 11) is 0. The molecule has 1 saturated heterocycles. The van der Waals surface area contributed by atoms with Crippen LogP contribution in [0.25, 0.3) is 11.0 Å². The highest BCUT2D eigenvalue weighted by atomic mass is 35.5. The van der Waals surface area contributed by atoms with Gasteiger partial charge in [-0.05, 0) is 38.0 Å². The van der Waals surface area contributed by atoms with Crippen LogP contribution in [0.3, 0.4) is 0 Å². The number of carbonyl (C=O) groups is 2. The molecule has 2 aromatic rings. The predicted octanol–water partition coefficient (Wildman–Crippen LogP) is 2.62.